The van der Waals surface area contributed by atoms with E-state index in [2.05, 4.69) is 21.2 Å². The predicted molar refractivity (Wildman–Crippen MR) is 96.3 cm³/mol. The summed E-state index contributed by atoms with van der Waals surface area (Å²) in [5.41, 5.74) is 2.16. The molecule has 0 unspecified atom stereocenters. The van der Waals surface area contributed by atoms with Crippen LogP contribution in [0, 0.1) is 0 Å². The lowest BCUT2D eigenvalue weighted by Crippen LogP contribution is -2.16. The molecule has 1 fully saturated rings. The fourth-order valence-corrected chi connectivity index (χ4v) is 2.91. The van der Waals surface area contributed by atoms with E-state index in [1.165, 1.54) is 12.8 Å². The van der Waals surface area contributed by atoms with Gasteiger partial charge in [0.05, 0.1) is 7.11 Å². The van der Waals surface area contributed by atoms with Crippen LogP contribution in [-0.4, -0.2) is 13.2 Å². The normalized spacial score (nSPS) is 13.9. The quantitative estimate of drug-likeness (QED) is 0.719. The third-order valence-corrected chi connectivity index (χ3v) is 4.82. The maximum absolute atomic E-state index is 6.08. The molecular formula is C18H19BrClNO2. The van der Waals surface area contributed by atoms with Crippen molar-refractivity contribution in [2.75, 3.05) is 7.11 Å². The summed E-state index contributed by atoms with van der Waals surface area (Å²) in [6.07, 6.45) is 2.51. The summed E-state index contributed by atoms with van der Waals surface area (Å²) in [7, 11) is 1.66. The molecule has 1 aliphatic rings. The third-order valence-electron chi connectivity index (χ3n) is 3.83. The molecule has 0 spiro atoms. The maximum atomic E-state index is 6.08. The van der Waals surface area contributed by atoms with E-state index in [1.807, 2.05) is 36.4 Å². The molecule has 3 rings (SSSR count). The lowest BCUT2D eigenvalue weighted by molar-refractivity contribution is 0.280. The van der Waals surface area contributed by atoms with Gasteiger partial charge in [-0.05, 0) is 42.7 Å². The number of rotatable bonds is 7. The van der Waals surface area contributed by atoms with Gasteiger partial charge in [-0.2, -0.15) is 0 Å². The molecule has 3 nitrogen and oxygen atoms in total. The van der Waals surface area contributed by atoms with Crippen molar-refractivity contribution >= 4 is 27.5 Å². The van der Waals surface area contributed by atoms with Gasteiger partial charge in [0.25, 0.3) is 0 Å². The molecular weight excluding hydrogens is 378 g/mol. The molecule has 0 aromatic heterocycles. The Hall–Kier alpha value is -1.23. The first-order valence-electron chi connectivity index (χ1n) is 7.63. The van der Waals surface area contributed by atoms with Crippen molar-refractivity contribution in [3.63, 3.8) is 0 Å². The van der Waals surface area contributed by atoms with Crippen molar-refractivity contribution in [2.24, 2.45) is 0 Å². The van der Waals surface area contributed by atoms with E-state index in [0.717, 1.165) is 38.7 Å². The molecule has 2 aromatic rings. The summed E-state index contributed by atoms with van der Waals surface area (Å²) < 4.78 is 12.6. The smallest absolute Gasteiger partial charge is 0.167 e. The number of nitrogens with one attached hydrogen (secondary N) is 1. The minimum Gasteiger partial charge on any atom is -0.493 e. The second-order valence-corrected chi connectivity index (χ2v) is 6.92. The molecule has 1 N–H and O–H groups in total. The Morgan fingerprint density at radius 3 is 2.57 bits per heavy atom. The summed E-state index contributed by atoms with van der Waals surface area (Å²) in [5.74, 6) is 1.53. The highest BCUT2D eigenvalue weighted by Gasteiger charge is 2.22. The van der Waals surface area contributed by atoms with E-state index in [4.69, 9.17) is 21.1 Å². The number of methoxy groups -OCH3 is 1. The van der Waals surface area contributed by atoms with Crippen LogP contribution in [0.1, 0.15) is 24.0 Å². The Bertz CT molecular complexity index is 671. The maximum Gasteiger partial charge on any atom is 0.167 e. The largest absolute Gasteiger partial charge is 0.493 e. The van der Waals surface area contributed by atoms with Crippen LogP contribution in [0.5, 0.6) is 11.5 Å². The zero-order chi connectivity index (χ0) is 16.2. The van der Waals surface area contributed by atoms with Crippen LogP contribution in [0.4, 0.5) is 0 Å². The first kappa shape index (κ1) is 16.6. The van der Waals surface area contributed by atoms with Crippen LogP contribution >= 0.6 is 27.5 Å². The van der Waals surface area contributed by atoms with Gasteiger partial charge in [-0.1, -0.05) is 39.7 Å². The Kier molecular flexibility index (Phi) is 5.46. The summed E-state index contributed by atoms with van der Waals surface area (Å²) in [4.78, 5) is 0. The van der Waals surface area contributed by atoms with Crippen molar-refractivity contribution in [3.05, 3.63) is 57.0 Å². The van der Waals surface area contributed by atoms with E-state index in [0.29, 0.717) is 12.6 Å². The lowest BCUT2D eigenvalue weighted by Gasteiger charge is -2.17. The van der Waals surface area contributed by atoms with E-state index in [-0.39, 0.29) is 0 Å². The van der Waals surface area contributed by atoms with E-state index in [1.54, 1.807) is 7.11 Å². The third kappa shape index (κ3) is 4.40. The Morgan fingerprint density at radius 2 is 1.91 bits per heavy atom. The SMILES string of the molecule is COc1ccc(Br)c(CNC2CC2)c1OCc1ccc(Cl)cc1. The minimum absolute atomic E-state index is 0.473. The fraction of sp³-hybridized carbons (Fsp3) is 0.333. The van der Waals surface area contributed by atoms with Crippen LogP contribution < -0.4 is 14.8 Å². The van der Waals surface area contributed by atoms with Gasteiger partial charge in [-0.15, -0.1) is 0 Å². The van der Waals surface area contributed by atoms with Crippen LogP contribution in [0.25, 0.3) is 0 Å². The van der Waals surface area contributed by atoms with Crippen LogP contribution in [0.2, 0.25) is 5.02 Å². The number of hydrogen-bond donors (Lipinski definition) is 1. The molecule has 23 heavy (non-hydrogen) atoms. The summed E-state index contributed by atoms with van der Waals surface area (Å²) in [6, 6.07) is 12.2. The molecule has 1 saturated carbocycles. The minimum atomic E-state index is 0.473. The van der Waals surface area contributed by atoms with Gasteiger partial charge in [0.15, 0.2) is 11.5 Å². The van der Waals surface area contributed by atoms with Gasteiger partial charge in [0.2, 0.25) is 0 Å². The van der Waals surface area contributed by atoms with E-state index >= 15 is 0 Å². The van der Waals surface area contributed by atoms with Crippen molar-refractivity contribution in [2.45, 2.75) is 32.0 Å². The van der Waals surface area contributed by atoms with E-state index in [9.17, 15) is 0 Å². The Labute approximate surface area is 150 Å². The van der Waals surface area contributed by atoms with Gasteiger partial charge in [-0.25, -0.2) is 0 Å². The number of benzene rings is 2. The van der Waals surface area contributed by atoms with Crippen LogP contribution in [0.3, 0.4) is 0 Å². The molecule has 122 valence electrons. The molecule has 0 radical (unpaired) electrons. The molecule has 0 bridgehead atoms. The Morgan fingerprint density at radius 1 is 1.17 bits per heavy atom. The highest BCUT2D eigenvalue weighted by molar-refractivity contribution is 9.10. The fourth-order valence-electron chi connectivity index (χ4n) is 2.34. The van der Waals surface area contributed by atoms with Gasteiger partial charge in [0.1, 0.15) is 6.61 Å². The summed E-state index contributed by atoms with van der Waals surface area (Å²) in [5, 5.41) is 4.25. The first-order valence-corrected chi connectivity index (χ1v) is 8.80. The monoisotopic (exact) mass is 395 g/mol. The van der Waals surface area contributed by atoms with E-state index < -0.39 is 0 Å². The summed E-state index contributed by atoms with van der Waals surface area (Å²) >= 11 is 9.55. The standard InChI is InChI=1S/C18H19BrClNO2/c1-22-17-9-8-16(19)15(10-21-14-6-7-14)18(17)23-11-12-2-4-13(20)5-3-12/h2-5,8-9,14,21H,6-7,10-11H2,1H3. The number of halogens is 2. The molecule has 5 heteroatoms. The highest BCUT2D eigenvalue weighted by Crippen LogP contribution is 2.37. The molecule has 0 amide bonds. The molecule has 0 saturated heterocycles. The van der Waals surface area contributed by atoms with Gasteiger partial charge in [-0.3, -0.25) is 0 Å². The Balaban J connectivity index is 1.79. The predicted octanol–water partition coefficient (Wildman–Crippen LogP) is 4.94. The van der Waals surface area contributed by atoms with Crippen molar-refractivity contribution in [1.29, 1.82) is 0 Å². The zero-order valence-electron chi connectivity index (χ0n) is 12.9. The van der Waals surface area contributed by atoms with Gasteiger partial charge >= 0.3 is 0 Å². The highest BCUT2D eigenvalue weighted by atomic mass is 79.9. The molecule has 0 aliphatic heterocycles. The second-order valence-electron chi connectivity index (χ2n) is 5.63. The van der Waals surface area contributed by atoms with Crippen LogP contribution in [0.15, 0.2) is 40.9 Å². The van der Waals surface area contributed by atoms with Crippen molar-refractivity contribution in [1.82, 2.24) is 5.32 Å². The van der Waals surface area contributed by atoms with Crippen LogP contribution in [-0.2, 0) is 13.2 Å². The molecule has 0 atom stereocenters. The average Bonchev–Trinajstić information content (AvgIpc) is 3.38. The molecule has 2 aromatic carbocycles. The van der Waals surface area contributed by atoms with Crippen molar-refractivity contribution < 1.29 is 9.47 Å². The lowest BCUT2D eigenvalue weighted by atomic mass is 10.1. The van der Waals surface area contributed by atoms with Gasteiger partial charge < -0.3 is 14.8 Å². The number of ether oxygens (including phenoxy) is 2. The zero-order valence-corrected chi connectivity index (χ0v) is 15.3. The topological polar surface area (TPSA) is 30.5 Å². The first-order chi connectivity index (χ1) is 11.2. The number of hydrogen-bond acceptors (Lipinski definition) is 3. The molecule has 0 heterocycles. The summed E-state index contributed by atoms with van der Waals surface area (Å²) in [6.45, 7) is 1.23. The van der Waals surface area contributed by atoms with Crippen molar-refractivity contribution in [3.8, 4) is 11.5 Å². The molecule has 1 aliphatic carbocycles. The van der Waals surface area contributed by atoms with Gasteiger partial charge in [0, 0.05) is 27.6 Å². The second kappa shape index (κ2) is 7.56. The average molecular weight is 397 g/mol.